The van der Waals surface area contributed by atoms with Gasteiger partial charge in [0.15, 0.2) is 0 Å². The summed E-state index contributed by atoms with van der Waals surface area (Å²) in [5.74, 6) is 0.0784. The summed E-state index contributed by atoms with van der Waals surface area (Å²) in [5.41, 5.74) is 9.44. The second kappa shape index (κ2) is 5.80. The van der Waals surface area contributed by atoms with Crippen molar-refractivity contribution in [3.05, 3.63) is 47.8 Å². The molecule has 6 rings (SSSR count). The summed E-state index contributed by atoms with van der Waals surface area (Å²) in [4.78, 5) is 30.0. The van der Waals surface area contributed by atoms with Crippen molar-refractivity contribution < 1.29 is 14.3 Å². The van der Waals surface area contributed by atoms with Gasteiger partial charge in [0.2, 0.25) is 6.10 Å². The zero-order valence-electron chi connectivity index (χ0n) is 16.0. The highest BCUT2D eigenvalue weighted by Crippen LogP contribution is 2.60. The quantitative estimate of drug-likeness (QED) is 0.794. The van der Waals surface area contributed by atoms with Crippen LogP contribution in [0.5, 0.6) is 0 Å². The molecular formula is C22H19N5O3. The Morgan fingerprint density at radius 1 is 1.27 bits per heavy atom. The van der Waals surface area contributed by atoms with Crippen molar-refractivity contribution in [2.75, 3.05) is 18.0 Å². The largest absolute Gasteiger partial charge is 0.433 e. The van der Waals surface area contributed by atoms with Crippen molar-refractivity contribution >= 4 is 17.7 Å². The van der Waals surface area contributed by atoms with E-state index in [-0.39, 0.29) is 6.04 Å². The Labute approximate surface area is 172 Å². The summed E-state index contributed by atoms with van der Waals surface area (Å²) >= 11 is 0. The number of fused-ring (bicyclic) bond motifs is 4. The number of pyridine rings is 1. The van der Waals surface area contributed by atoms with Gasteiger partial charge in [0.1, 0.15) is 5.41 Å². The van der Waals surface area contributed by atoms with Crippen molar-refractivity contribution in [2.24, 2.45) is 17.6 Å². The zero-order valence-corrected chi connectivity index (χ0v) is 16.0. The molecule has 0 spiro atoms. The summed E-state index contributed by atoms with van der Waals surface area (Å²) in [7, 11) is 0. The van der Waals surface area contributed by atoms with Crippen LogP contribution in [0.2, 0.25) is 0 Å². The number of amides is 2. The topological polar surface area (TPSA) is 121 Å². The fourth-order valence-electron chi connectivity index (χ4n) is 5.58. The van der Waals surface area contributed by atoms with E-state index in [1.807, 2.05) is 36.5 Å². The fourth-order valence-corrected chi connectivity index (χ4v) is 5.58. The lowest BCUT2D eigenvalue weighted by atomic mass is 9.95. The van der Waals surface area contributed by atoms with Gasteiger partial charge >= 0.3 is 6.09 Å². The molecule has 0 bridgehead atoms. The van der Waals surface area contributed by atoms with Gasteiger partial charge in [-0.15, -0.1) is 0 Å². The number of aromatic nitrogens is 1. The Hall–Kier alpha value is -3.44. The molecule has 150 valence electrons. The maximum atomic E-state index is 12.2. The number of rotatable bonds is 3. The smallest absolute Gasteiger partial charge is 0.415 e. The molecule has 2 amide bonds. The fraction of sp³-hybridized carbons (Fsp3) is 0.364. The first-order valence-corrected chi connectivity index (χ1v) is 10.1. The van der Waals surface area contributed by atoms with Gasteiger partial charge in [0.25, 0.3) is 5.91 Å². The molecule has 1 unspecified atom stereocenters. The van der Waals surface area contributed by atoms with Gasteiger partial charge in [0.05, 0.1) is 23.5 Å². The third-order valence-electron chi connectivity index (χ3n) is 7.13. The second-order valence-electron chi connectivity index (χ2n) is 8.48. The minimum atomic E-state index is -0.927. The number of ether oxygens (including phenoxy) is 1. The average Bonchev–Trinajstić information content (AvgIpc) is 3.16. The number of piperidine rings is 1. The zero-order chi connectivity index (χ0) is 20.6. The lowest BCUT2D eigenvalue weighted by molar-refractivity contribution is -0.125. The number of cyclic esters (lactones) is 1. The Morgan fingerprint density at radius 3 is 2.70 bits per heavy atom. The molecule has 8 nitrogen and oxygen atoms in total. The summed E-state index contributed by atoms with van der Waals surface area (Å²) in [6.45, 7) is 1.75. The second-order valence-corrected chi connectivity index (χ2v) is 8.48. The lowest BCUT2D eigenvalue weighted by Gasteiger charge is -2.14. The van der Waals surface area contributed by atoms with Gasteiger partial charge in [-0.25, -0.2) is 4.79 Å². The number of hydrogen-bond acceptors (Lipinski definition) is 6. The number of nitrogens with two attached hydrogens (primary N) is 1. The van der Waals surface area contributed by atoms with Crippen molar-refractivity contribution in [2.45, 2.75) is 24.0 Å². The van der Waals surface area contributed by atoms with E-state index in [1.54, 1.807) is 0 Å². The lowest BCUT2D eigenvalue weighted by Crippen LogP contribution is -2.40. The van der Waals surface area contributed by atoms with Crippen LogP contribution in [0.4, 0.5) is 10.5 Å². The van der Waals surface area contributed by atoms with Crippen molar-refractivity contribution in [3.63, 3.8) is 0 Å². The SMILES string of the molecule is N#CC1(c2ccc(-c3ccc4c(c3)C[C@H]3[C@H](C(N)=O)OC(=O)N43)cn2)[C@@H]2CNC[C@@H]21. The summed E-state index contributed by atoms with van der Waals surface area (Å²) in [5, 5.41) is 13.1. The van der Waals surface area contributed by atoms with Crippen LogP contribution in [0.25, 0.3) is 11.1 Å². The van der Waals surface area contributed by atoms with E-state index in [0.717, 1.165) is 41.2 Å². The molecule has 3 N–H and O–H groups in total. The first-order valence-electron chi connectivity index (χ1n) is 10.1. The molecule has 30 heavy (non-hydrogen) atoms. The van der Waals surface area contributed by atoms with E-state index in [2.05, 4.69) is 16.4 Å². The molecule has 3 aliphatic heterocycles. The number of anilines is 1. The van der Waals surface area contributed by atoms with Crippen LogP contribution >= 0.6 is 0 Å². The molecule has 1 saturated carbocycles. The summed E-state index contributed by atoms with van der Waals surface area (Å²) in [6.07, 6.45) is 0.868. The molecule has 8 heteroatoms. The van der Waals surface area contributed by atoms with Crippen LogP contribution in [0.3, 0.4) is 0 Å². The van der Waals surface area contributed by atoms with Gasteiger partial charge in [0, 0.05) is 36.7 Å². The van der Waals surface area contributed by atoms with E-state index in [9.17, 15) is 14.9 Å². The normalized spacial score (nSPS) is 32.8. The Balaban J connectivity index is 1.30. The van der Waals surface area contributed by atoms with E-state index in [0.29, 0.717) is 18.3 Å². The molecule has 4 aliphatic rings. The predicted octanol–water partition coefficient (Wildman–Crippen LogP) is 1.09. The van der Waals surface area contributed by atoms with Gasteiger partial charge in [-0.2, -0.15) is 5.26 Å². The van der Waals surface area contributed by atoms with Gasteiger partial charge < -0.3 is 15.8 Å². The molecule has 1 aromatic heterocycles. The number of hydrogen-bond donors (Lipinski definition) is 2. The van der Waals surface area contributed by atoms with Gasteiger partial charge in [-0.1, -0.05) is 12.1 Å². The Bertz CT molecular complexity index is 1130. The minimum absolute atomic E-state index is 0.354. The van der Waals surface area contributed by atoms with Crippen LogP contribution in [-0.2, 0) is 21.4 Å². The highest BCUT2D eigenvalue weighted by Gasteiger charge is 2.69. The summed E-state index contributed by atoms with van der Waals surface area (Å²) < 4.78 is 5.13. The monoisotopic (exact) mass is 401 g/mol. The van der Waals surface area contributed by atoms with Crippen LogP contribution in [0, 0.1) is 23.2 Å². The standard InChI is InChI=1S/C22H19N5O3/c23-10-22(14-8-25-9-15(14)22)18-4-2-12(7-26-18)11-1-3-16-13(5-11)6-17-19(20(24)28)30-21(29)27(16)17/h1-5,7,14-15,17,19,25H,6,8-9H2,(H2,24,28)/t14-,15+,17-,19+,22?/m0/s1. The van der Waals surface area contributed by atoms with Crippen LogP contribution < -0.4 is 16.0 Å². The minimum Gasteiger partial charge on any atom is -0.433 e. The molecule has 0 radical (unpaired) electrons. The molecule has 1 aliphatic carbocycles. The number of nitriles is 1. The highest BCUT2D eigenvalue weighted by atomic mass is 16.6. The first-order chi connectivity index (χ1) is 14.5. The number of nitrogens with one attached hydrogen (secondary N) is 1. The Morgan fingerprint density at radius 2 is 2.03 bits per heavy atom. The van der Waals surface area contributed by atoms with Crippen LogP contribution in [0.1, 0.15) is 11.3 Å². The average molecular weight is 401 g/mol. The third-order valence-corrected chi connectivity index (χ3v) is 7.13. The first kappa shape index (κ1) is 17.4. The van der Waals surface area contributed by atoms with Gasteiger partial charge in [-0.3, -0.25) is 14.7 Å². The summed E-state index contributed by atoms with van der Waals surface area (Å²) in [6, 6.07) is 11.9. The molecule has 3 fully saturated rings. The predicted molar refractivity (Wildman–Crippen MR) is 106 cm³/mol. The van der Waals surface area contributed by atoms with E-state index >= 15 is 0 Å². The number of carbonyl (C=O) groups is 2. The maximum Gasteiger partial charge on any atom is 0.415 e. The molecule has 1 aromatic carbocycles. The number of benzene rings is 1. The van der Waals surface area contributed by atoms with Crippen LogP contribution in [0.15, 0.2) is 36.5 Å². The molecule has 5 atom stereocenters. The van der Waals surface area contributed by atoms with E-state index < -0.39 is 23.5 Å². The maximum absolute atomic E-state index is 12.2. The van der Waals surface area contributed by atoms with Crippen molar-refractivity contribution in [3.8, 4) is 17.2 Å². The third kappa shape index (κ3) is 2.10. The van der Waals surface area contributed by atoms with E-state index in [4.69, 9.17) is 10.5 Å². The van der Waals surface area contributed by atoms with E-state index in [1.165, 1.54) is 4.90 Å². The number of nitrogens with zero attached hydrogens (tertiary/aromatic N) is 3. The number of primary amides is 1. The van der Waals surface area contributed by atoms with Crippen molar-refractivity contribution in [1.29, 1.82) is 5.26 Å². The Kier molecular flexibility index (Phi) is 3.37. The molecular weight excluding hydrogens is 382 g/mol. The van der Waals surface area contributed by atoms with Crippen LogP contribution in [-0.4, -0.2) is 42.2 Å². The molecule has 2 saturated heterocycles. The van der Waals surface area contributed by atoms with Crippen molar-refractivity contribution in [1.82, 2.24) is 10.3 Å². The number of carbonyl (C=O) groups excluding carboxylic acids is 2. The molecule has 2 aromatic rings. The highest BCUT2D eigenvalue weighted by molar-refractivity contribution is 5.99. The molecule has 4 heterocycles. The van der Waals surface area contributed by atoms with Gasteiger partial charge in [-0.05, 0) is 35.7 Å².